The highest BCUT2D eigenvalue weighted by atomic mass is 16.5. The van der Waals surface area contributed by atoms with Crippen LogP contribution in [-0.4, -0.2) is 19.7 Å². The molecule has 0 radical (unpaired) electrons. The summed E-state index contributed by atoms with van der Waals surface area (Å²) in [5.41, 5.74) is 2.65. The summed E-state index contributed by atoms with van der Waals surface area (Å²) in [5, 5.41) is 3.48. The second-order valence-electron chi connectivity index (χ2n) is 5.18. The minimum Gasteiger partial charge on any atom is -0.497 e. The Labute approximate surface area is 111 Å². The molecule has 1 rings (SSSR count). The van der Waals surface area contributed by atoms with Gasteiger partial charge in [0.25, 0.3) is 0 Å². The predicted molar refractivity (Wildman–Crippen MR) is 78.9 cm³/mol. The summed E-state index contributed by atoms with van der Waals surface area (Å²) in [6.45, 7) is 9.76. The van der Waals surface area contributed by atoms with E-state index >= 15 is 0 Å². The van der Waals surface area contributed by atoms with E-state index < -0.39 is 0 Å². The molecule has 0 saturated heterocycles. The van der Waals surface area contributed by atoms with Crippen LogP contribution >= 0.6 is 0 Å². The van der Waals surface area contributed by atoms with Gasteiger partial charge >= 0.3 is 0 Å². The Morgan fingerprint density at radius 3 is 2.22 bits per heavy atom. The lowest BCUT2D eigenvalue weighted by atomic mass is 10.00. The Morgan fingerprint density at radius 1 is 1.17 bits per heavy atom. The van der Waals surface area contributed by atoms with Gasteiger partial charge in [-0.15, -0.1) is 0 Å². The first kappa shape index (κ1) is 14.8. The van der Waals surface area contributed by atoms with Crippen molar-refractivity contribution in [2.24, 2.45) is 5.92 Å². The fraction of sp³-hybridized carbons (Fsp3) is 0.500. The second-order valence-corrected chi connectivity index (χ2v) is 5.18. The zero-order chi connectivity index (χ0) is 13.5. The average molecular weight is 247 g/mol. The predicted octanol–water partition coefficient (Wildman–Crippen LogP) is 3.73. The van der Waals surface area contributed by atoms with Crippen LogP contribution in [0.1, 0.15) is 33.3 Å². The van der Waals surface area contributed by atoms with Crippen LogP contribution < -0.4 is 10.1 Å². The van der Waals surface area contributed by atoms with Crippen LogP contribution in [0.25, 0.3) is 6.08 Å². The molecule has 1 N–H and O–H groups in total. The van der Waals surface area contributed by atoms with Gasteiger partial charge in [0, 0.05) is 12.6 Å². The summed E-state index contributed by atoms with van der Waals surface area (Å²) < 4.78 is 5.17. The topological polar surface area (TPSA) is 21.3 Å². The molecule has 0 amide bonds. The van der Waals surface area contributed by atoms with Crippen molar-refractivity contribution in [2.75, 3.05) is 13.7 Å². The van der Waals surface area contributed by atoms with E-state index in [4.69, 9.17) is 4.74 Å². The Morgan fingerprint density at radius 2 is 1.78 bits per heavy atom. The molecule has 2 nitrogen and oxygen atoms in total. The molecule has 0 heterocycles. The molecule has 18 heavy (non-hydrogen) atoms. The monoisotopic (exact) mass is 247 g/mol. The molecule has 0 atom stereocenters. The normalized spacial score (nSPS) is 12.3. The van der Waals surface area contributed by atoms with E-state index in [9.17, 15) is 0 Å². The fourth-order valence-corrected chi connectivity index (χ4v) is 1.66. The Balaban J connectivity index is 2.79. The summed E-state index contributed by atoms with van der Waals surface area (Å²) in [6.07, 6.45) is 2.26. The van der Waals surface area contributed by atoms with Crippen LogP contribution in [0.15, 0.2) is 29.8 Å². The van der Waals surface area contributed by atoms with E-state index in [0.29, 0.717) is 12.0 Å². The van der Waals surface area contributed by atoms with Gasteiger partial charge < -0.3 is 10.1 Å². The van der Waals surface area contributed by atoms with Gasteiger partial charge in [0.1, 0.15) is 5.75 Å². The van der Waals surface area contributed by atoms with Gasteiger partial charge in [0.05, 0.1) is 7.11 Å². The van der Waals surface area contributed by atoms with Gasteiger partial charge in [-0.25, -0.2) is 0 Å². The molecule has 0 aromatic heterocycles. The highest BCUT2D eigenvalue weighted by Gasteiger charge is 2.04. The summed E-state index contributed by atoms with van der Waals surface area (Å²) in [5.74, 6) is 1.46. The molecular weight excluding hydrogens is 222 g/mol. The van der Waals surface area contributed by atoms with E-state index in [1.807, 2.05) is 12.1 Å². The third-order valence-corrected chi connectivity index (χ3v) is 2.92. The second kappa shape index (κ2) is 7.22. The lowest BCUT2D eigenvalue weighted by Gasteiger charge is -2.15. The van der Waals surface area contributed by atoms with Crippen molar-refractivity contribution in [1.29, 1.82) is 0 Å². The zero-order valence-electron chi connectivity index (χ0n) is 12.2. The van der Waals surface area contributed by atoms with Gasteiger partial charge in [0.15, 0.2) is 0 Å². The molecule has 1 aromatic rings. The van der Waals surface area contributed by atoms with Crippen molar-refractivity contribution >= 4 is 6.08 Å². The Hall–Kier alpha value is -1.28. The lowest BCUT2D eigenvalue weighted by Crippen LogP contribution is -2.26. The van der Waals surface area contributed by atoms with Crippen molar-refractivity contribution in [3.63, 3.8) is 0 Å². The number of ether oxygens (including phenoxy) is 1. The maximum absolute atomic E-state index is 5.17. The number of methoxy groups -OCH3 is 1. The van der Waals surface area contributed by atoms with Crippen LogP contribution in [0.2, 0.25) is 0 Å². The van der Waals surface area contributed by atoms with Gasteiger partial charge in [-0.05, 0) is 23.6 Å². The molecule has 0 bridgehead atoms. The van der Waals surface area contributed by atoms with Crippen LogP contribution in [-0.2, 0) is 0 Å². The van der Waals surface area contributed by atoms with E-state index in [2.05, 4.69) is 51.2 Å². The number of rotatable bonds is 6. The molecule has 1 aromatic carbocycles. The molecule has 100 valence electrons. The number of nitrogens with one attached hydrogen (secondary N) is 1. The highest BCUT2D eigenvalue weighted by Crippen LogP contribution is 2.17. The third-order valence-electron chi connectivity index (χ3n) is 2.92. The van der Waals surface area contributed by atoms with Crippen LogP contribution in [0.3, 0.4) is 0 Å². The van der Waals surface area contributed by atoms with Crippen molar-refractivity contribution < 1.29 is 4.74 Å². The summed E-state index contributed by atoms with van der Waals surface area (Å²) >= 11 is 0. The van der Waals surface area contributed by atoms with Crippen LogP contribution in [0.4, 0.5) is 0 Å². The smallest absolute Gasteiger partial charge is 0.118 e. The molecular formula is C16H25NO. The minimum absolute atomic E-state index is 0.517. The van der Waals surface area contributed by atoms with Crippen molar-refractivity contribution in [2.45, 2.75) is 33.7 Å². The van der Waals surface area contributed by atoms with Crippen LogP contribution in [0.5, 0.6) is 5.75 Å². The Kier molecular flexibility index (Phi) is 5.93. The standard InChI is InChI=1S/C16H25NO/c1-12(2)15(11-17-13(3)4)10-14-6-8-16(18-5)9-7-14/h6-10,12-13,17H,11H2,1-5H3. The first-order chi connectivity index (χ1) is 8.52. The molecule has 0 fully saturated rings. The van der Waals surface area contributed by atoms with Gasteiger partial charge in [0.2, 0.25) is 0 Å². The fourth-order valence-electron chi connectivity index (χ4n) is 1.66. The molecule has 0 aliphatic carbocycles. The quantitative estimate of drug-likeness (QED) is 0.827. The van der Waals surface area contributed by atoms with E-state index in [-0.39, 0.29) is 0 Å². The van der Waals surface area contributed by atoms with E-state index in [0.717, 1.165) is 12.3 Å². The summed E-state index contributed by atoms with van der Waals surface area (Å²) in [7, 11) is 1.69. The molecule has 0 aliphatic heterocycles. The van der Waals surface area contributed by atoms with Crippen molar-refractivity contribution in [3.05, 3.63) is 35.4 Å². The van der Waals surface area contributed by atoms with E-state index in [1.54, 1.807) is 7.11 Å². The van der Waals surface area contributed by atoms with Gasteiger partial charge in [-0.1, -0.05) is 51.5 Å². The van der Waals surface area contributed by atoms with Crippen molar-refractivity contribution in [3.8, 4) is 5.75 Å². The third kappa shape index (κ3) is 4.92. The maximum Gasteiger partial charge on any atom is 0.118 e. The van der Waals surface area contributed by atoms with Crippen molar-refractivity contribution in [1.82, 2.24) is 5.32 Å². The first-order valence-electron chi connectivity index (χ1n) is 6.60. The molecule has 0 saturated carbocycles. The summed E-state index contributed by atoms with van der Waals surface area (Å²) in [4.78, 5) is 0. The Bertz CT molecular complexity index is 377. The zero-order valence-corrected chi connectivity index (χ0v) is 12.2. The van der Waals surface area contributed by atoms with Gasteiger partial charge in [-0.3, -0.25) is 0 Å². The number of hydrogen-bond donors (Lipinski definition) is 1. The first-order valence-corrected chi connectivity index (χ1v) is 6.60. The largest absolute Gasteiger partial charge is 0.497 e. The number of hydrogen-bond acceptors (Lipinski definition) is 2. The molecule has 0 unspecified atom stereocenters. The number of benzene rings is 1. The lowest BCUT2D eigenvalue weighted by molar-refractivity contribution is 0.415. The maximum atomic E-state index is 5.17. The van der Waals surface area contributed by atoms with E-state index in [1.165, 1.54) is 11.1 Å². The van der Waals surface area contributed by atoms with Crippen LogP contribution in [0, 0.1) is 5.92 Å². The van der Waals surface area contributed by atoms with Gasteiger partial charge in [-0.2, -0.15) is 0 Å². The molecule has 0 aliphatic rings. The summed E-state index contributed by atoms with van der Waals surface area (Å²) in [6, 6.07) is 8.70. The SMILES string of the molecule is COc1ccc(C=C(CNC(C)C)C(C)C)cc1. The minimum atomic E-state index is 0.517. The highest BCUT2D eigenvalue weighted by molar-refractivity contribution is 5.54. The average Bonchev–Trinajstić information content (AvgIpc) is 2.34. The molecule has 0 spiro atoms. The molecule has 2 heteroatoms.